The first kappa shape index (κ1) is 15.7. The summed E-state index contributed by atoms with van der Waals surface area (Å²) in [6.45, 7) is 9.18. The van der Waals surface area contributed by atoms with E-state index in [2.05, 4.69) is 26.1 Å². The first-order valence-corrected chi connectivity index (χ1v) is 6.95. The molecule has 0 radical (unpaired) electrons. The van der Waals surface area contributed by atoms with Crippen LogP contribution in [0.3, 0.4) is 0 Å². The number of aliphatic carboxylic acids is 1. The van der Waals surface area contributed by atoms with Gasteiger partial charge in [-0.3, -0.25) is 4.79 Å². The molecule has 0 amide bonds. The Kier molecular flexibility index (Phi) is 6.03. The minimum atomic E-state index is -0.781. The van der Waals surface area contributed by atoms with Gasteiger partial charge >= 0.3 is 5.97 Å². The van der Waals surface area contributed by atoms with Gasteiger partial charge < -0.3 is 10.4 Å². The molecule has 106 valence electrons. The van der Waals surface area contributed by atoms with Crippen LogP contribution in [-0.2, 0) is 11.3 Å². The van der Waals surface area contributed by atoms with E-state index in [1.54, 1.807) is 6.92 Å². The van der Waals surface area contributed by atoms with E-state index in [1.807, 2.05) is 24.3 Å². The first-order valence-electron chi connectivity index (χ1n) is 6.95. The lowest BCUT2D eigenvalue weighted by molar-refractivity contribution is -0.138. The number of carboxylic acid groups (broad SMARTS) is 1. The van der Waals surface area contributed by atoms with Crippen molar-refractivity contribution in [2.75, 3.05) is 0 Å². The third-order valence-corrected chi connectivity index (χ3v) is 3.33. The van der Waals surface area contributed by atoms with Gasteiger partial charge in [0.1, 0.15) is 0 Å². The maximum absolute atomic E-state index is 10.9. The van der Waals surface area contributed by atoms with E-state index >= 15 is 0 Å². The molecule has 1 rings (SSSR count). The van der Waals surface area contributed by atoms with Gasteiger partial charge in [0.2, 0.25) is 0 Å². The normalized spacial score (nSPS) is 14.4. The zero-order valence-corrected chi connectivity index (χ0v) is 12.3. The highest BCUT2D eigenvalue weighted by Gasteiger charge is 2.13. The molecule has 3 nitrogen and oxygen atoms in total. The Morgan fingerprint density at radius 1 is 1.16 bits per heavy atom. The van der Waals surface area contributed by atoms with E-state index in [0.29, 0.717) is 12.0 Å². The van der Waals surface area contributed by atoms with E-state index < -0.39 is 11.9 Å². The Labute approximate surface area is 116 Å². The minimum absolute atomic E-state index is 0.443. The maximum Gasteiger partial charge on any atom is 0.310 e. The molecule has 0 spiro atoms. The summed E-state index contributed by atoms with van der Waals surface area (Å²) in [5, 5.41) is 12.4. The van der Waals surface area contributed by atoms with E-state index in [1.165, 1.54) is 5.56 Å². The van der Waals surface area contributed by atoms with Crippen LogP contribution in [0.1, 0.15) is 51.2 Å². The third kappa shape index (κ3) is 5.43. The van der Waals surface area contributed by atoms with Gasteiger partial charge in [-0.25, -0.2) is 0 Å². The second-order valence-corrected chi connectivity index (χ2v) is 5.71. The van der Waals surface area contributed by atoms with Crippen LogP contribution in [-0.4, -0.2) is 17.1 Å². The first-order chi connectivity index (χ1) is 8.90. The lowest BCUT2D eigenvalue weighted by Gasteiger charge is -2.16. The fourth-order valence-electron chi connectivity index (χ4n) is 2.15. The van der Waals surface area contributed by atoms with Gasteiger partial charge in [-0.05, 0) is 37.3 Å². The molecule has 0 aromatic heterocycles. The van der Waals surface area contributed by atoms with Gasteiger partial charge in [0.05, 0.1) is 5.92 Å². The van der Waals surface area contributed by atoms with Crippen molar-refractivity contribution < 1.29 is 9.90 Å². The van der Waals surface area contributed by atoms with Crippen LogP contribution in [0.15, 0.2) is 24.3 Å². The highest BCUT2D eigenvalue weighted by molar-refractivity contribution is 5.75. The van der Waals surface area contributed by atoms with Crippen LogP contribution in [0.4, 0.5) is 0 Å². The monoisotopic (exact) mass is 263 g/mol. The number of nitrogens with one attached hydrogen (secondary N) is 1. The molecule has 0 aliphatic carbocycles. The van der Waals surface area contributed by atoms with Crippen molar-refractivity contribution in [3.63, 3.8) is 0 Å². The molecule has 0 fully saturated rings. The lowest BCUT2D eigenvalue weighted by atomic mass is 10.00. The Morgan fingerprint density at radius 2 is 1.74 bits per heavy atom. The molecule has 2 unspecified atom stereocenters. The molecule has 2 atom stereocenters. The molecule has 1 aromatic rings. The van der Waals surface area contributed by atoms with Gasteiger partial charge in [-0.15, -0.1) is 0 Å². The molecule has 0 saturated heterocycles. The molecule has 0 bridgehead atoms. The molecule has 0 heterocycles. The molecular formula is C16H25NO2. The van der Waals surface area contributed by atoms with Crippen LogP contribution in [0, 0.1) is 5.92 Å². The van der Waals surface area contributed by atoms with Crippen LogP contribution >= 0.6 is 0 Å². The summed E-state index contributed by atoms with van der Waals surface area (Å²) in [4.78, 5) is 10.9. The van der Waals surface area contributed by atoms with Crippen molar-refractivity contribution in [2.24, 2.45) is 5.92 Å². The van der Waals surface area contributed by atoms with Crippen molar-refractivity contribution in [3.05, 3.63) is 35.4 Å². The standard InChI is InChI=1S/C16H25NO2/c1-11(2)9-12(3)17-10-14-5-7-15(8-6-14)13(4)16(18)19/h5-8,11-13,17H,9-10H2,1-4H3,(H,18,19). The SMILES string of the molecule is CC(C)CC(C)NCc1ccc(C(C)C(=O)O)cc1. The van der Waals surface area contributed by atoms with Gasteiger partial charge in [0.15, 0.2) is 0 Å². The number of hydrogen-bond acceptors (Lipinski definition) is 2. The average Bonchev–Trinajstić information content (AvgIpc) is 2.35. The minimum Gasteiger partial charge on any atom is -0.481 e. The Balaban J connectivity index is 2.51. The maximum atomic E-state index is 10.9. The molecular weight excluding hydrogens is 238 g/mol. The second-order valence-electron chi connectivity index (χ2n) is 5.71. The summed E-state index contributed by atoms with van der Waals surface area (Å²) in [6.07, 6.45) is 1.16. The van der Waals surface area contributed by atoms with Crippen molar-refractivity contribution >= 4 is 5.97 Å². The summed E-state index contributed by atoms with van der Waals surface area (Å²) in [6, 6.07) is 8.32. The quantitative estimate of drug-likeness (QED) is 0.792. The van der Waals surface area contributed by atoms with Crippen LogP contribution in [0.2, 0.25) is 0 Å². The Bertz CT molecular complexity index is 398. The van der Waals surface area contributed by atoms with Crippen molar-refractivity contribution in [2.45, 2.75) is 52.6 Å². The summed E-state index contributed by atoms with van der Waals surface area (Å²) in [5.41, 5.74) is 2.04. The van der Waals surface area contributed by atoms with E-state index in [4.69, 9.17) is 5.11 Å². The number of carboxylic acids is 1. The number of benzene rings is 1. The zero-order valence-electron chi connectivity index (χ0n) is 12.3. The summed E-state index contributed by atoms with van der Waals surface area (Å²) in [7, 11) is 0. The highest BCUT2D eigenvalue weighted by Crippen LogP contribution is 2.16. The van der Waals surface area contributed by atoms with Crippen molar-refractivity contribution in [1.29, 1.82) is 0 Å². The van der Waals surface area contributed by atoms with E-state index in [9.17, 15) is 4.79 Å². The summed E-state index contributed by atoms with van der Waals surface area (Å²) >= 11 is 0. The summed E-state index contributed by atoms with van der Waals surface area (Å²) < 4.78 is 0. The number of hydrogen-bond donors (Lipinski definition) is 2. The Morgan fingerprint density at radius 3 is 2.21 bits per heavy atom. The number of carbonyl (C=O) groups is 1. The van der Waals surface area contributed by atoms with Gasteiger partial charge in [0, 0.05) is 12.6 Å². The molecule has 1 aromatic carbocycles. The fourth-order valence-corrected chi connectivity index (χ4v) is 2.15. The lowest BCUT2D eigenvalue weighted by Crippen LogP contribution is -2.26. The zero-order chi connectivity index (χ0) is 14.4. The van der Waals surface area contributed by atoms with Gasteiger partial charge in [-0.1, -0.05) is 38.1 Å². The van der Waals surface area contributed by atoms with Crippen LogP contribution in [0.5, 0.6) is 0 Å². The van der Waals surface area contributed by atoms with Crippen LogP contribution in [0.25, 0.3) is 0 Å². The largest absolute Gasteiger partial charge is 0.481 e. The highest BCUT2D eigenvalue weighted by atomic mass is 16.4. The van der Waals surface area contributed by atoms with Gasteiger partial charge in [0.25, 0.3) is 0 Å². The van der Waals surface area contributed by atoms with E-state index in [-0.39, 0.29) is 0 Å². The van der Waals surface area contributed by atoms with Crippen LogP contribution < -0.4 is 5.32 Å². The summed E-state index contributed by atoms with van der Waals surface area (Å²) in [5.74, 6) is -0.528. The molecule has 0 aliphatic heterocycles. The molecule has 19 heavy (non-hydrogen) atoms. The molecule has 2 N–H and O–H groups in total. The smallest absolute Gasteiger partial charge is 0.310 e. The fraction of sp³-hybridized carbons (Fsp3) is 0.562. The van der Waals surface area contributed by atoms with Crippen molar-refractivity contribution in [3.8, 4) is 0 Å². The van der Waals surface area contributed by atoms with Crippen molar-refractivity contribution in [1.82, 2.24) is 5.32 Å². The number of rotatable bonds is 7. The van der Waals surface area contributed by atoms with E-state index in [0.717, 1.165) is 18.5 Å². The average molecular weight is 263 g/mol. The molecule has 3 heteroatoms. The topological polar surface area (TPSA) is 49.3 Å². The predicted molar refractivity (Wildman–Crippen MR) is 78.2 cm³/mol. The molecule has 0 saturated carbocycles. The predicted octanol–water partition coefficient (Wildman–Crippen LogP) is 3.40. The third-order valence-electron chi connectivity index (χ3n) is 3.33. The second kappa shape index (κ2) is 7.29. The molecule has 0 aliphatic rings. The Hall–Kier alpha value is -1.35. The van der Waals surface area contributed by atoms with Gasteiger partial charge in [-0.2, -0.15) is 0 Å².